The Bertz CT molecular complexity index is 676. The summed E-state index contributed by atoms with van der Waals surface area (Å²) in [6.07, 6.45) is 1.99. The van der Waals surface area contributed by atoms with E-state index in [1.807, 2.05) is 25.1 Å². The molecule has 0 spiro atoms. The van der Waals surface area contributed by atoms with Gasteiger partial charge in [0.25, 0.3) is 0 Å². The average molecular weight is 512 g/mol. The molecule has 0 heterocycles. The number of ether oxygens (including phenoxy) is 1. The van der Waals surface area contributed by atoms with Gasteiger partial charge in [0.1, 0.15) is 0 Å². The predicted molar refractivity (Wildman–Crippen MR) is 136 cm³/mol. The van der Waals surface area contributed by atoms with E-state index < -0.39 is 8.32 Å². The van der Waals surface area contributed by atoms with Gasteiger partial charge >= 0.3 is 199 Å². The van der Waals surface area contributed by atoms with Crippen LogP contribution in [0.1, 0.15) is 86.8 Å². The monoisotopic (exact) mass is 512 g/mol. The Morgan fingerprint density at radius 1 is 0.968 bits per heavy atom. The molecule has 0 radical (unpaired) electrons. The van der Waals surface area contributed by atoms with Crippen molar-refractivity contribution in [3.05, 3.63) is 45.9 Å². The third-order valence-corrected chi connectivity index (χ3v) is 14.5. The van der Waals surface area contributed by atoms with Crippen molar-refractivity contribution in [3.8, 4) is 0 Å². The van der Waals surface area contributed by atoms with Crippen molar-refractivity contribution < 1.29 is 14.0 Å². The molecule has 0 bridgehead atoms. The average Bonchev–Trinajstić information content (AvgIpc) is 2.71. The molecule has 5 heteroatoms. The summed E-state index contributed by atoms with van der Waals surface area (Å²) in [5, 5.41) is 1.14. The third kappa shape index (κ3) is 7.32. The number of hydrogen-bond donors (Lipinski definition) is 0. The Balaban J connectivity index is 3.66. The van der Waals surface area contributed by atoms with Crippen LogP contribution in [-0.4, -0.2) is 35.9 Å². The first-order valence-electron chi connectivity index (χ1n) is 11.9. The van der Waals surface area contributed by atoms with Gasteiger partial charge in [-0.25, -0.2) is 0 Å². The van der Waals surface area contributed by atoms with Crippen LogP contribution in [0.5, 0.6) is 0 Å². The molecule has 0 N–H and O–H groups in total. The van der Waals surface area contributed by atoms with Gasteiger partial charge in [-0.1, -0.05) is 0 Å². The van der Waals surface area contributed by atoms with Gasteiger partial charge in [0.15, 0.2) is 0 Å². The molecule has 1 unspecified atom stereocenters. The topological polar surface area (TPSA) is 35.5 Å². The number of carbonyl (C=O) groups is 1. The molecular weight excluding hydrogens is 467 g/mol. The van der Waals surface area contributed by atoms with Crippen LogP contribution in [-0.2, 0) is 14.0 Å². The number of rotatable bonds is 13. The first-order chi connectivity index (χ1) is 14.6. The van der Waals surface area contributed by atoms with Gasteiger partial charge in [-0.3, -0.25) is 0 Å². The fourth-order valence-corrected chi connectivity index (χ4v) is 12.4. The van der Waals surface area contributed by atoms with Crippen LogP contribution < -0.4 is 0 Å². The molecule has 1 aromatic rings. The molecule has 0 saturated carbocycles. The van der Waals surface area contributed by atoms with Gasteiger partial charge in [-0.2, -0.15) is 0 Å². The SMILES string of the molecule is CCCC[Se]/C(C)=C(\C(=O)OCC)C(O[Si](C(C)C)(C(C)C)C(C)C)c1ccccc1. The minimum absolute atomic E-state index is 0.216. The molecular formula is C26H44O3SeSi. The summed E-state index contributed by atoms with van der Waals surface area (Å²) in [6, 6.07) is 10.3. The van der Waals surface area contributed by atoms with Gasteiger partial charge in [0, 0.05) is 0 Å². The number of unbranched alkanes of at least 4 members (excludes halogenated alkanes) is 1. The summed E-state index contributed by atoms with van der Waals surface area (Å²) in [5.74, 6) is -0.216. The maximum absolute atomic E-state index is 13.3. The van der Waals surface area contributed by atoms with Crippen LogP contribution in [0.15, 0.2) is 40.4 Å². The minimum atomic E-state index is -2.22. The standard InChI is InChI=1S/C26H44O3SeSi/c1-10-12-18-30-22(9)24(26(27)28-11-2)25(23-16-14-13-15-17-23)29-31(19(3)4,20(5)6)21(7)8/h13-17,19-21,25H,10-12,18H2,1-9H3/b24-22-. The van der Waals surface area contributed by atoms with Crippen molar-refractivity contribution in [3.63, 3.8) is 0 Å². The first kappa shape index (κ1) is 28.2. The van der Waals surface area contributed by atoms with Crippen molar-refractivity contribution in [2.24, 2.45) is 0 Å². The third-order valence-electron chi connectivity index (χ3n) is 6.08. The molecule has 31 heavy (non-hydrogen) atoms. The molecule has 0 amide bonds. The summed E-state index contributed by atoms with van der Waals surface area (Å²) in [5.41, 5.74) is 3.10. The van der Waals surface area contributed by atoms with Crippen LogP contribution in [0.4, 0.5) is 0 Å². The molecule has 176 valence electrons. The molecule has 3 nitrogen and oxygen atoms in total. The van der Waals surface area contributed by atoms with E-state index in [1.54, 1.807) is 0 Å². The van der Waals surface area contributed by atoms with Crippen LogP contribution in [0.3, 0.4) is 0 Å². The Labute approximate surface area is 198 Å². The van der Waals surface area contributed by atoms with Gasteiger partial charge in [-0.05, 0) is 0 Å². The molecule has 0 aliphatic heterocycles. The van der Waals surface area contributed by atoms with Crippen LogP contribution in [0.25, 0.3) is 0 Å². The summed E-state index contributed by atoms with van der Waals surface area (Å²) >= 11 is 0.256. The van der Waals surface area contributed by atoms with Gasteiger partial charge in [0.2, 0.25) is 0 Å². The van der Waals surface area contributed by atoms with E-state index in [0.717, 1.165) is 20.9 Å². The van der Waals surface area contributed by atoms with E-state index in [0.29, 0.717) is 23.2 Å². The number of carbonyl (C=O) groups excluding carboxylic acids is 1. The van der Waals surface area contributed by atoms with Crippen molar-refractivity contribution in [2.45, 2.75) is 103 Å². The summed E-state index contributed by atoms with van der Waals surface area (Å²) in [4.78, 5) is 13.3. The number of hydrogen-bond acceptors (Lipinski definition) is 3. The molecule has 1 rings (SSSR count). The first-order valence-corrected chi connectivity index (χ1v) is 16.1. The Morgan fingerprint density at radius 3 is 1.97 bits per heavy atom. The number of allylic oxidation sites excluding steroid dienone is 1. The van der Waals surface area contributed by atoms with Gasteiger partial charge in [0.05, 0.1) is 0 Å². The number of benzene rings is 1. The van der Waals surface area contributed by atoms with E-state index in [2.05, 4.69) is 67.5 Å². The predicted octanol–water partition coefficient (Wildman–Crippen LogP) is 7.68. The Morgan fingerprint density at radius 2 is 1.52 bits per heavy atom. The molecule has 1 aromatic carbocycles. The fraction of sp³-hybridized carbons (Fsp3) is 0.654. The summed E-state index contributed by atoms with van der Waals surface area (Å²) in [6.45, 7) is 20.3. The summed E-state index contributed by atoms with van der Waals surface area (Å²) in [7, 11) is -2.22. The zero-order chi connectivity index (χ0) is 23.6. The van der Waals surface area contributed by atoms with Gasteiger partial charge < -0.3 is 0 Å². The van der Waals surface area contributed by atoms with Crippen molar-refractivity contribution >= 4 is 29.2 Å². The second-order valence-corrected chi connectivity index (χ2v) is 17.3. The van der Waals surface area contributed by atoms with E-state index in [4.69, 9.17) is 9.16 Å². The summed E-state index contributed by atoms with van der Waals surface area (Å²) < 4.78 is 14.0. The van der Waals surface area contributed by atoms with E-state index in [-0.39, 0.29) is 27.0 Å². The zero-order valence-electron chi connectivity index (χ0n) is 21.2. The Hall–Kier alpha value is -0.874. The van der Waals surface area contributed by atoms with Crippen LogP contribution in [0.2, 0.25) is 21.9 Å². The number of esters is 1. The van der Waals surface area contributed by atoms with Crippen molar-refractivity contribution in [1.82, 2.24) is 0 Å². The quantitative estimate of drug-likeness (QED) is 0.118. The second kappa shape index (κ2) is 13.6. The second-order valence-electron chi connectivity index (χ2n) is 9.12. The van der Waals surface area contributed by atoms with Crippen molar-refractivity contribution in [2.75, 3.05) is 6.61 Å². The van der Waals surface area contributed by atoms with E-state index in [9.17, 15) is 4.79 Å². The Kier molecular flexibility index (Phi) is 12.4. The van der Waals surface area contributed by atoms with Crippen LogP contribution in [0, 0.1) is 0 Å². The van der Waals surface area contributed by atoms with Crippen molar-refractivity contribution in [1.29, 1.82) is 0 Å². The van der Waals surface area contributed by atoms with Crippen LogP contribution >= 0.6 is 0 Å². The zero-order valence-corrected chi connectivity index (χ0v) is 23.9. The molecule has 0 fully saturated rings. The van der Waals surface area contributed by atoms with E-state index >= 15 is 0 Å². The van der Waals surface area contributed by atoms with Gasteiger partial charge in [-0.15, -0.1) is 0 Å². The molecule has 1 atom stereocenters. The normalized spacial score (nSPS) is 14.2. The fourth-order valence-electron chi connectivity index (χ4n) is 4.63. The molecule has 0 aliphatic rings. The molecule has 0 saturated heterocycles. The molecule has 0 aliphatic carbocycles. The molecule has 0 aromatic heterocycles. The maximum atomic E-state index is 13.3. The van der Waals surface area contributed by atoms with E-state index in [1.165, 1.54) is 12.8 Å².